The van der Waals surface area contributed by atoms with E-state index in [2.05, 4.69) is 40.2 Å². The number of nitrogens with zero attached hydrogens (tertiary/aromatic N) is 2. The molecule has 4 heteroatoms. The second-order valence-electron chi connectivity index (χ2n) is 7.29. The smallest absolute Gasteiger partial charge is 0.255 e. The summed E-state index contributed by atoms with van der Waals surface area (Å²) >= 11 is 0. The molecule has 1 aliphatic heterocycles. The van der Waals surface area contributed by atoms with Gasteiger partial charge in [0.1, 0.15) is 5.82 Å². The molecule has 1 aromatic carbocycles. The zero-order valence-electron chi connectivity index (χ0n) is 14.5. The molecule has 0 spiro atoms. The number of carbonyl (C=O) groups excluding carboxylic acids is 1. The second kappa shape index (κ2) is 6.87. The summed E-state index contributed by atoms with van der Waals surface area (Å²) in [6, 6.07) is 14.7. The van der Waals surface area contributed by atoms with Crippen molar-refractivity contribution in [2.75, 3.05) is 12.3 Å². The van der Waals surface area contributed by atoms with Crippen molar-refractivity contribution in [1.29, 1.82) is 0 Å². The number of likely N-dealkylation sites (tertiary alicyclic amines) is 1. The van der Waals surface area contributed by atoms with E-state index in [1.54, 1.807) is 18.3 Å². The highest BCUT2D eigenvalue weighted by atomic mass is 16.2. The van der Waals surface area contributed by atoms with Crippen LogP contribution in [0.3, 0.4) is 0 Å². The van der Waals surface area contributed by atoms with E-state index in [1.165, 1.54) is 24.8 Å². The fourth-order valence-corrected chi connectivity index (χ4v) is 4.72. The van der Waals surface area contributed by atoms with E-state index in [-0.39, 0.29) is 5.91 Å². The number of rotatable bonds is 2. The summed E-state index contributed by atoms with van der Waals surface area (Å²) in [6.07, 6.45) is 7.47. The molecule has 2 fully saturated rings. The van der Waals surface area contributed by atoms with Crippen molar-refractivity contribution in [3.8, 4) is 0 Å². The normalized spacial score (nSPS) is 26.1. The topological polar surface area (TPSA) is 59.2 Å². The van der Waals surface area contributed by atoms with Gasteiger partial charge in [0.05, 0.1) is 5.56 Å². The summed E-state index contributed by atoms with van der Waals surface area (Å²) < 4.78 is 0. The molecule has 2 aromatic rings. The number of hydrogen-bond acceptors (Lipinski definition) is 3. The molecular formula is C21H25N3O. The third-order valence-electron chi connectivity index (χ3n) is 5.90. The van der Waals surface area contributed by atoms with Crippen LogP contribution in [0.25, 0.3) is 0 Å². The van der Waals surface area contributed by atoms with Crippen LogP contribution in [0.4, 0.5) is 5.82 Å². The van der Waals surface area contributed by atoms with E-state index in [0.717, 1.165) is 19.4 Å². The highest BCUT2D eigenvalue weighted by molar-refractivity contribution is 5.94. The molecule has 4 rings (SSSR count). The van der Waals surface area contributed by atoms with Gasteiger partial charge in [-0.05, 0) is 48.8 Å². The monoisotopic (exact) mass is 335 g/mol. The van der Waals surface area contributed by atoms with Crippen LogP contribution in [0.1, 0.15) is 53.9 Å². The Kier molecular flexibility index (Phi) is 4.43. The van der Waals surface area contributed by atoms with E-state index in [0.29, 0.717) is 29.3 Å². The van der Waals surface area contributed by atoms with Crippen LogP contribution in [0.2, 0.25) is 0 Å². The Balaban J connectivity index is 1.59. The number of nitrogen functional groups attached to an aromatic ring is 1. The average Bonchev–Trinajstić information content (AvgIpc) is 2.68. The van der Waals surface area contributed by atoms with E-state index in [9.17, 15) is 4.79 Å². The van der Waals surface area contributed by atoms with Crippen LogP contribution in [-0.4, -0.2) is 28.4 Å². The number of amides is 1. The zero-order valence-corrected chi connectivity index (χ0v) is 14.5. The summed E-state index contributed by atoms with van der Waals surface area (Å²) in [5.41, 5.74) is 7.74. The predicted octanol–water partition coefficient (Wildman–Crippen LogP) is 3.85. The molecule has 0 radical (unpaired) electrons. The molecule has 1 saturated carbocycles. The first-order chi connectivity index (χ1) is 12.2. The number of carbonyl (C=O) groups is 1. The van der Waals surface area contributed by atoms with Gasteiger partial charge in [0.2, 0.25) is 0 Å². The first-order valence-electron chi connectivity index (χ1n) is 9.31. The maximum absolute atomic E-state index is 13.1. The number of hydrogen-bond donors (Lipinski definition) is 1. The van der Waals surface area contributed by atoms with Crippen molar-refractivity contribution in [3.05, 3.63) is 59.8 Å². The van der Waals surface area contributed by atoms with Crippen molar-refractivity contribution >= 4 is 11.7 Å². The number of piperidine rings is 1. The van der Waals surface area contributed by atoms with Crippen molar-refractivity contribution in [2.24, 2.45) is 5.92 Å². The van der Waals surface area contributed by atoms with Crippen LogP contribution >= 0.6 is 0 Å². The zero-order chi connectivity index (χ0) is 17.2. The van der Waals surface area contributed by atoms with Gasteiger partial charge in [0.15, 0.2) is 0 Å². The van der Waals surface area contributed by atoms with Gasteiger partial charge in [0, 0.05) is 18.8 Å². The largest absolute Gasteiger partial charge is 0.384 e. The summed E-state index contributed by atoms with van der Waals surface area (Å²) in [4.78, 5) is 19.3. The van der Waals surface area contributed by atoms with E-state index in [1.807, 2.05) is 0 Å². The first kappa shape index (κ1) is 16.1. The van der Waals surface area contributed by atoms with Gasteiger partial charge in [-0.3, -0.25) is 4.79 Å². The SMILES string of the molecule is Nc1ccc(C(=O)N2CCC(c3ccccc3)[C@H]3CCCC[C@H]32)cn1. The molecule has 3 atom stereocenters. The van der Waals surface area contributed by atoms with E-state index in [4.69, 9.17) is 5.73 Å². The van der Waals surface area contributed by atoms with Crippen molar-refractivity contribution in [3.63, 3.8) is 0 Å². The first-order valence-corrected chi connectivity index (χ1v) is 9.31. The standard InChI is InChI=1S/C21H25N3O/c22-20-11-10-16(14-23-20)21(25)24-13-12-17(15-6-2-1-3-7-15)18-8-4-5-9-19(18)24/h1-3,6-7,10-11,14,17-19H,4-5,8-9,12-13H2,(H2,22,23)/t17?,18-,19-/m1/s1. The molecule has 4 nitrogen and oxygen atoms in total. The molecule has 130 valence electrons. The molecule has 2 aliphatic rings. The Labute approximate surface area is 149 Å². The Morgan fingerprint density at radius 1 is 1.04 bits per heavy atom. The highest BCUT2D eigenvalue weighted by Gasteiger charge is 2.41. The summed E-state index contributed by atoms with van der Waals surface area (Å²) in [6.45, 7) is 0.823. The van der Waals surface area contributed by atoms with Crippen molar-refractivity contribution in [2.45, 2.75) is 44.1 Å². The molecule has 1 unspecified atom stereocenters. The molecule has 1 saturated heterocycles. The van der Waals surface area contributed by atoms with Gasteiger partial charge in [-0.1, -0.05) is 43.2 Å². The van der Waals surface area contributed by atoms with Crippen LogP contribution < -0.4 is 5.73 Å². The molecule has 1 aromatic heterocycles. The Bertz CT molecular complexity index is 729. The van der Waals surface area contributed by atoms with Crippen LogP contribution in [0.5, 0.6) is 0 Å². The molecule has 2 heterocycles. The van der Waals surface area contributed by atoms with Crippen LogP contribution in [-0.2, 0) is 0 Å². The van der Waals surface area contributed by atoms with Gasteiger partial charge < -0.3 is 10.6 Å². The maximum atomic E-state index is 13.1. The summed E-state index contributed by atoms with van der Waals surface area (Å²) in [5.74, 6) is 1.70. The van der Waals surface area contributed by atoms with E-state index < -0.39 is 0 Å². The number of benzene rings is 1. The number of fused-ring (bicyclic) bond motifs is 1. The molecule has 1 aliphatic carbocycles. The fourth-order valence-electron chi connectivity index (χ4n) is 4.72. The Morgan fingerprint density at radius 2 is 1.84 bits per heavy atom. The fraction of sp³-hybridized carbons (Fsp3) is 0.429. The minimum absolute atomic E-state index is 0.107. The van der Waals surface area contributed by atoms with E-state index >= 15 is 0 Å². The predicted molar refractivity (Wildman–Crippen MR) is 99.2 cm³/mol. The lowest BCUT2D eigenvalue weighted by atomic mass is 9.69. The van der Waals surface area contributed by atoms with Gasteiger partial charge in [-0.15, -0.1) is 0 Å². The third kappa shape index (κ3) is 3.13. The number of pyridine rings is 1. The summed E-state index contributed by atoms with van der Waals surface area (Å²) in [7, 11) is 0. The lowest BCUT2D eigenvalue weighted by Gasteiger charge is -2.48. The molecule has 25 heavy (non-hydrogen) atoms. The highest BCUT2D eigenvalue weighted by Crippen LogP contribution is 2.44. The third-order valence-corrected chi connectivity index (χ3v) is 5.90. The van der Waals surface area contributed by atoms with Crippen molar-refractivity contribution < 1.29 is 4.79 Å². The van der Waals surface area contributed by atoms with Crippen molar-refractivity contribution in [1.82, 2.24) is 9.88 Å². The number of aromatic nitrogens is 1. The lowest BCUT2D eigenvalue weighted by molar-refractivity contribution is 0.0319. The minimum Gasteiger partial charge on any atom is -0.384 e. The minimum atomic E-state index is 0.107. The molecule has 1 amide bonds. The number of nitrogens with two attached hydrogens (primary N) is 1. The second-order valence-corrected chi connectivity index (χ2v) is 7.29. The Hall–Kier alpha value is -2.36. The molecular weight excluding hydrogens is 310 g/mol. The molecule has 0 bridgehead atoms. The van der Waals surface area contributed by atoms with Gasteiger partial charge in [-0.2, -0.15) is 0 Å². The Morgan fingerprint density at radius 3 is 2.60 bits per heavy atom. The number of anilines is 1. The maximum Gasteiger partial charge on any atom is 0.255 e. The van der Waals surface area contributed by atoms with Crippen LogP contribution in [0.15, 0.2) is 48.7 Å². The summed E-state index contributed by atoms with van der Waals surface area (Å²) in [5, 5.41) is 0. The average molecular weight is 335 g/mol. The molecule has 2 N–H and O–H groups in total. The quantitative estimate of drug-likeness (QED) is 0.907. The van der Waals surface area contributed by atoms with Gasteiger partial charge in [-0.25, -0.2) is 4.98 Å². The van der Waals surface area contributed by atoms with Gasteiger partial charge in [0.25, 0.3) is 5.91 Å². The lowest BCUT2D eigenvalue weighted by Crippen LogP contribution is -2.52. The van der Waals surface area contributed by atoms with Gasteiger partial charge >= 0.3 is 0 Å². The van der Waals surface area contributed by atoms with Crippen LogP contribution in [0, 0.1) is 5.92 Å².